The quantitative estimate of drug-likeness (QED) is 0.626. The van der Waals surface area contributed by atoms with Crippen molar-refractivity contribution in [1.82, 2.24) is 4.98 Å². The zero-order valence-corrected chi connectivity index (χ0v) is 17.7. The van der Waals surface area contributed by atoms with Gasteiger partial charge < -0.3 is 15.0 Å². The highest BCUT2D eigenvalue weighted by molar-refractivity contribution is 5.92. The zero-order valence-electron chi connectivity index (χ0n) is 17.7. The smallest absolute Gasteiger partial charge is 0.262 e. The first kappa shape index (κ1) is 20.2. The van der Waals surface area contributed by atoms with Gasteiger partial charge in [-0.2, -0.15) is 0 Å². The molecule has 0 radical (unpaired) electrons. The van der Waals surface area contributed by atoms with Gasteiger partial charge in [0.05, 0.1) is 0 Å². The van der Waals surface area contributed by atoms with Crippen LogP contribution in [0.15, 0.2) is 54.6 Å². The number of aryl methyl sites for hydroxylation is 1. The molecular weight excluding hydrogens is 374 g/mol. The van der Waals surface area contributed by atoms with Crippen LogP contribution in [0.3, 0.4) is 0 Å². The number of benzene rings is 2. The van der Waals surface area contributed by atoms with Gasteiger partial charge in [0, 0.05) is 24.2 Å². The fraction of sp³-hybridized carbons (Fsp3) is 0.360. The van der Waals surface area contributed by atoms with Crippen molar-refractivity contribution in [3.63, 3.8) is 0 Å². The minimum Gasteiger partial charge on any atom is -0.481 e. The summed E-state index contributed by atoms with van der Waals surface area (Å²) >= 11 is 0. The summed E-state index contributed by atoms with van der Waals surface area (Å²) in [5.74, 6) is 2.11. The van der Waals surface area contributed by atoms with E-state index in [0.29, 0.717) is 11.7 Å². The predicted octanol–water partition coefficient (Wildman–Crippen LogP) is 5.05. The predicted molar refractivity (Wildman–Crippen MR) is 122 cm³/mol. The Balaban J connectivity index is 1.46. The summed E-state index contributed by atoms with van der Waals surface area (Å²) < 4.78 is 5.87. The van der Waals surface area contributed by atoms with Crippen molar-refractivity contribution in [1.29, 1.82) is 0 Å². The van der Waals surface area contributed by atoms with Gasteiger partial charge in [-0.3, -0.25) is 4.79 Å². The Hall–Kier alpha value is -3.08. The Labute approximate surface area is 178 Å². The average Bonchev–Trinajstić information content (AvgIpc) is 2.78. The lowest BCUT2D eigenvalue weighted by Gasteiger charge is -2.32. The normalized spacial score (nSPS) is 16.5. The Morgan fingerprint density at radius 1 is 1.17 bits per heavy atom. The molecule has 30 heavy (non-hydrogen) atoms. The van der Waals surface area contributed by atoms with Gasteiger partial charge in [0.25, 0.3) is 5.91 Å². The number of nitrogens with zero attached hydrogens (tertiary/aromatic N) is 2. The molecule has 1 aliphatic rings. The molecule has 1 aromatic heterocycles. The Bertz CT molecular complexity index is 1020. The highest BCUT2D eigenvalue weighted by Crippen LogP contribution is 2.28. The maximum Gasteiger partial charge on any atom is 0.262 e. The number of rotatable bonds is 6. The molecule has 2 aromatic carbocycles. The van der Waals surface area contributed by atoms with E-state index in [4.69, 9.17) is 9.72 Å². The number of carbonyl (C=O) groups excluding carboxylic acids is 1. The Kier molecular flexibility index (Phi) is 6.17. The van der Waals surface area contributed by atoms with Crippen LogP contribution in [-0.4, -0.2) is 30.6 Å². The van der Waals surface area contributed by atoms with Crippen molar-refractivity contribution in [3.05, 3.63) is 60.2 Å². The number of hydrogen-bond acceptors (Lipinski definition) is 4. The van der Waals surface area contributed by atoms with Crippen LogP contribution < -0.4 is 15.0 Å². The zero-order chi connectivity index (χ0) is 20.9. The first-order valence-electron chi connectivity index (χ1n) is 10.8. The number of amides is 1. The van der Waals surface area contributed by atoms with Crippen LogP contribution in [0.25, 0.3) is 10.9 Å². The van der Waals surface area contributed by atoms with Crippen LogP contribution in [0, 0.1) is 5.92 Å². The summed E-state index contributed by atoms with van der Waals surface area (Å²) in [6.45, 7) is 6.40. The number of pyridine rings is 1. The van der Waals surface area contributed by atoms with Gasteiger partial charge in [0.2, 0.25) is 0 Å². The third kappa shape index (κ3) is 4.73. The van der Waals surface area contributed by atoms with E-state index in [0.717, 1.165) is 41.9 Å². The Morgan fingerprint density at radius 2 is 2.00 bits per heavy atom. The molecule has 0 spiro atoms. The van der Waals surface area contributed by atoms with E-state index in [1.54, 1.807) is 0 Å². The molecule has 0 bridgehead atoms. The van der Waals surface area contributed by atoms with Crippen molar-refractivity contribution in [3.8, 4) is 5.75 Å². The number of piperidine rings is 1. The highest BCUT2D eigenvalue weighted by Gasteiger charge is 2.18. The summed E-state index contributed by atoms with van der Waals surface area (Å²) in [5, 5.41) is 3.90. The molecule has 156 valence electrons. The average molecular weight is 404 g/mol. The molecule has 1 atom stereocenters. The van der Waals surface area contributed by atoms with Gasteiger partial charge in [-0.05, 0) is 61.1 Å². The molecular formula is C25H29N3O2. The third-order valence-electron chi connectivity index (χ3n) is 5.65. The molecule has 1 fully saturated rings. The molecule has 1 N–H and O–H groups in total. The van der Waals surface area contributed by atoms with Crippen molar-refractivity contribution >= 4 is 28.3 Å². The van der Waals surface area contributed by atoms with Gasteiger partial charge in [0.1, 0.15) is 17.1 Å². The van der Waals surface area contributed by atoms with Crippen molar-refractivity contribution < 1.29 is 9.53 Å². The lowest BCUT2D eigenvalue weighted by molar-refractivity contribution is -0.118. The van der Waals surface area contributed by atoms with Crippen molar-refractivity contribution in [2.75, 3.05) is 29.9 Å². The van der Waals surface area contributed by atoms with E-state index in [9.17, 15) is 4.79 Å². The number of carbonyl (C=O) groups is 1. The number of fused-ring (bicyclic) bond motifs is 1. The number of hydrogen-bond donors (Lipinski definition) is 1. The van der Waals surface area contributed by atoms with Crippen LogP contribution in [-0.2, 0) is 11.2 Å². The van der Waals surface area contributed by atoms with Crippen molar-refractivity contribution in [2.45, 2.75) is 33.1 Å². The second kappa shape index (κ2) is 9.16. The SMILES string of the molecule is CCc1ccc(NC(=O)COc2cccc3ccc(N4CCCC(C)C4)nc23)cc1. The lowest BCUT2D eigenvalue weighted by atomic mass is 10.0. The number of nitrogens with one attached hydrogen (secondary N) is 1. The highest BCUT2D eigenvalue weighted by atomic mass is 16.5. The molecule has 4 rings (SSSR count). The van der Waals surface area contributed by atoms with Gasteiger partial charge in [0.15, 0.2) is 6.61 Å². The minimum atomic E-state index is -0.183. The minimum absolute atomic E-state index is 0.0543. The molecule has 1 saturated heterocycles. The maximum atomic E-state index is 12.4. The molecule has 1 aliphatic heterocycles. The van der Waals surface area contributed by atoms with Crippen molar-refractivity contribution in [2.24, 2.45) is 5.92 Å². The summed E-state index contributed by atoms with van der Waals surface area (Å²) in [4.78, 5) is 19.6. The van der Waals surface area contributed by atoms with Crippen LogP contribution in [0.2, 0.25) is 0 Å². The lowest BCUT2D eigenvalue weighted by Crippen LogP contribution is -2.34. The second-order valence-electron chi connectivity index (χ2n) is 8.08. The summed E-state index contributed by atoms with van der Waals surface area (Å²) in [6.07, 6.45) is 3.44. The van der Waals surface area contributed by atoms with Crippen LogP contribution in [0.1, 0.15) is 32.3 Å². The molecule has 5 heteroatoms. The van der Waals surface area contributed by atoms with E-state index < -0.39 is 0 Å². The van der Waals surface area contributed by atoms with E-state index in [2.05, 4.69) is 36.2 Å². The van der Waals surface area contributed by atoms with Gasteiger partial charge in [-0.1, -0.05) is 38.1 Å². The van der Waals surface area contributed by atoms with Gasteiger partial charge in [-0.15, -0.1) is 0 Å². The number of anilines is 2. The molecule has 0 aliphatic carbocycles. The fourth-order valence-corrected chi connectivity index (χ4v) is 3.96. The molecule has 1 amide bonds. The summed E-state index contributed by atoms with van der Waals surface area (Å²) in [7, 11) is 0. The molecule has 5 nitrogen and oxygen atoms in total. The number of ether oxygens (including phenoxy) is 1. The molecule has 3 aromatic rings. The maximum absolute atomic E-state index is 12.4. The van der Waals surface area contributed by atoms with Crippen LogP contribution >= 0.6 is 0 Å². The van der Waals surface area contributed by atoms with Crippen LogP contribution in [0.4, 0.5) is 11.5 Å². The van der Waals surface area contributed by atoms with E-state index in [1.165, 1.54) is 18.4 Å². The van der Waals surface area contributed by atoms with Gasteiger partial charge in [-0.25, -0.2) is 4.98 Å². The molecule has 2 heterocycles. The van der Waals surface area contributed by atoms with E-state index in [-0.39, 0.29) is 12.5 Å². The fourth-order valence-electron chi connectivity index (χ4n) is 3.96. The number of para-hydroxylation sites is 1. The topological polar surface area (TPSA) is 54.5 Å². The monoisotopic (exact) mass is 403 g/mol. The molecule has 0 saturated carbocycles. The van der Waals surface area contributed by atoms with Crippen LogP contribution in [0.5, 0.6) is 5.75 Å². The first-order chi connectivity index (χ1) is 14.6. The number of aromatic nitrogens is 1. The first-order valence-corrected chi connectivity index (χ1v) is 10.8. The van der Waals surface area contributed by atoms with E-state index in [1.807, 2.05) is 42.5 Å². The van der Waals surface area contributed by atoms with Gasteiger partial charge >= 0.3 is 0 Å². The third-order valence-corrected chi connectivity index (χ3v) is 5.65. The summed E-state index contributed by atoms with van der Waals surface area (Å²) in [6, 6.07) is 17.9. The summed E-state index contributed by atoms with van der Waals surface area (Å²) in [5.41, 5.74) is 2.82. The second-order valence-corrected chi connectivity index (χ2v) is 8.08. The molecule has 1 unspecified atom stereocenters. The standard InChI is InChI=1S/C25H29N3O2/c1-3-19-9-12-21(13-10-19)26-24(29)17-30-22-8-4-7-20-11-14-23(27-25(20)22)28-15-5-6-18(2)16-28/h4,7-14,18H,3,5-6,15-17H2,1-2H3,(H,26,29). The Morgan fingerprint density at radius 3 is 2.77 bits per heavy atom. The largest absolute Gasteiger partial charge is 0.481 e. The van der Waals surface area contributed by atoms with E-state index >= 15 is 0 Å².